The summed E-state index contributed by atoms with van der Waals surface area (Å²) in [6.45, 7) is 0.712. The Balaban J connectivity index is 1.78. The Bertz CT molecular complexity index is 984. The maximum Gasteiger partial charge on any atom is 0.417 e. The normalized spacial score (nSPS) is 11.5. The molecule has 0 saturated carbocycles. The number of hydrogen-bond acceptors (Lipinski definition) is 3. The van der Waals surface area contributed by atoms with Crippen molar-refractivity contribution in [2.75, 3.05) is 0 Å². The van der Waals surface area contributed by atoms with Gasteiger partial charge >= 0.3 is 6.18 Å². The lowest BCUT2D eigenvalue weighted by Crippen LogP contribution is -2.25. The average Bonchev–Trinajstić information content (AvgIpc) is 3.15. The third-order valence-corrected chi connectivity index (χ3v) is 4.35. The summed E-state index contributed by atoms with van der Waals surface area (Å²) in [5.74, 6) is -0.372. The van der Waals surface area contributed by atoms with Crippen LogP contribution in [0.5, 0.6) is 0 Å². The molecule has 2 aromatic heterocycles. The van der Waals surface area contributed by atoms with Crippen LogP contribution in [-0.2, 0) is 19.3 Å². The first-order valence-electron chi connectivity index (χ1n) is 8.26. The summed E-state index contributed by atoms with van der Waals surface area (Å²) in [5.41, 5.74) is 6.66. The number of nitrogens with one attached hydrogen (secondary N) is 1. The Morgan fingerprint density at radius 1 is 1.18 bits per heavy atom. The first-order chi connectivity index (χ1) is 13.3. The van der Waals surface area contributed by atoms with E-state index in [-0.39, 0.29) is 23.1 Å². The van der Waals surface area contributed by atoms with Gasteiger partial charge in [0.25, 0.3) is 5.91 Å². The lowest BCUT2D eigenvalue weighted by Gasteiger charge is -2.13. The van der Waals surface area contributed by atoms with Crippen molar-refractivity contribution in [1.82, 2.24) is 14.9 Å². The Morgan fingerprint density at radius 3 is 2.46 bits per heavy atom. The van der Waals surface area contributed by atoms with Crippen molar-refractivity contribution < 1.29 is 18.0 Å². The fraction of sp³-hybridized carbons (Fsp3) is 0.158. The summed E-state index contributed by atoms with van der Waals surface area (Å²) < 4.78 is 39.7. The van der Waals surface area contributed by atoms with Crippen LogP contribution in [0.2, 0.25) is 5.02 Å². The summed E-state index contributed by atoms with van der Waals surface area (Å²) in [6, 6.07) is 11.4. The minimum Gasteiger partial charge on any atom is -0.347 e. The quantitative estimate of drug-likeness (QED) is 0.671. The van der Waals surface area contributed by atoms with Gasteiger partial charge in [0, 0.05) is 25.5 Å². The van der Waals surface area contributed by atoms with E-state index >= 15 is 0 Å². The van der Waals surface area contributed by atoms with Gasteiger partial charge < -0.3 is 11.1 Å². The fourth-order valence-corrected chi connectivity index (χ4v) is 2.84. The number of halogens is 4. The van der Waals surface area contributed by atoms with Crippen LogP contribution in [0.1, 0.15) is 27.2 Å². The standard InChI is InChI=1S/C19H16ClF3N4O/c20-15-8-14(19(21,22)23)11-25-17(15)27-7-1-2-16(27)18(28)26-10-13-5-3-12(9-24)4-6-13/h1-8,11H,9-10,24H2,(H,26,28). The SMILES string of the molecule is NCc1ccc(CNC(=O)c2cccn2-c2ncc(C(F)(F)F)cc2Cl)cc1. The molecule has 146 valence electrons. The first kappa shape index (κ1) is 19.9. The molecule has 2 heterocycles. The number of pyridine rings is 1. The molecular formula is C19H16ClF3N4O. The van der Waals surface area contributed by atoms with E-state index in [0.29, 0.717) is 12.7 Å². The summed E-state index contributed by atoms with van der Waals surface area (Å²) in [7, 11) is 0. The molecule has 0 fully saturated rings. The summed E-state index contributed by atoms with van der Waals surface area (Å²) in [4.78, 5) is 16.3. The molecule has 28 heavy (non-hydrogen) atoms. The van der Waals surface area contributed by atoms with Crippen LogP contribution >= 0.6 is 11.6 Å². The average molecular weight is 409 g/mol. The van der Waals surface area contributed by atoms with Crippen LogP contribution in [0.4, 0.5) is 13.2 Å². The minimum atomic E-state index is -4.55. The topological polar surface area (TPSA) is 72.9 Å². The maximum absolute atomic E-state index is 12.8. The highest BCUT2D eigenvalue weighted by Gasteiger charge is 2.32. The van der Waals surface area contributed by atoms with Crippen molar-refractivity contribution in [3.8, 4) is 5.82 Å². The van der Waals surface area contributed by atoms with Crippen LogP contribution in [0.25, 0.3) is 5.82 Å². The van der Waals surface area contributed by atoms with Crippen LogP contribution < -0.4 is 11.1 Å². The van der Waals surface area contributed by atoms with E-state index in [1.165, 1.54) is 16.8 Å². The van der Waals surface area contributed by atoms with Crippen molar-refractivity contribution in [2.45, 2.75) is 19.3 Å². The van der Waals surface area contributed by atoms with Crippen LogP contribution in [0, 0.1) is 0 Å². The molecule has 1 amide bonds. The third kappa shape index (κ3) is 4.35. The van der Waals surface area contributed by atoms with Gasteiger partial charge in [-0.1, -0.05) is 35.9 Å². The molecule has 0 radical (unpaired) electrons. The molecule has 0 bridgehead atoms. The molecule has 0 aliphatic rings. The van der Waals surface area contributed by atoms with E-state index < -0.39 is 17.6 Å². The number of nitrogens with two attached hydrogens (primary N) is 1. The van der Waals surface area contributed by atoms with E-state index in [2.05, 4.69) is 10.3 Å². The number of carbonyl (C=O) groups is 1. The van der Waals surface area contributed by atoms with Gasteiger partial charge in [0.05, 0.1) is 10.6 Å². The molecule has 3 N–H and O–H groups in total. The lowest BCUT2D eigenvalue weighted by atomic mass is 10.1. The Morgan fingerprint density at radius 2 is 1.86 bits per heavy atom. The van der Waals surface area contributed by atoms with Gasteiger partial charge in [-0.2, -0.15) is 13.2 Å². The Labute approximate surface area is 163 Å². The van der Waals surface area contributed by atoms with E-state index in [1.54, 1.807) is 6.07 Å². The van der Waals surface area contributed by atoms with E-state index in [4.69, 9.17) is 17.3 Å². The summed E-state index contributed by atoms with van der Waals surface area (Å²) in [5, 5.41) is 2.55. The van der Waals surface area contributed by atoms with Gasteiger partial charge in [-0.3, -0.25) is 9.36 Å². The van der Waals surface area contributed by atoms with Gasteiger partial charge in [-0.05, 0) is 29.3 Å². The largest absolute Gasteiger partial charge is 0.417 e. The van der Waals surface area contributed by atoms with E-state index in [1.807, 2.05) is 24.3 Å². The fourth-order valence-electron chi connectivity index (χ4n) is 2.58. The maximum atomic E-state index is 12.8. The molecule has 0 saturated heterocycles. The second-order valence-electron chi connectivity index (χ2n) is 5.99. The first-order valence-corrected chi connectivity index (χ1v) is 8.64. The van der Waals surface area contributed by atoms with Gasteiger partial charge in [0.1, 0.15) is 5.69 Å². The smallest absolute Gasteiger partial charge is 0.347 e. The van der Waals surface area contributed by atoms with E-state index in [0.717, 1.165) is 17.2 Å². The molecule has 5 nitrogen and oxygen atoms in total. The zero-order valence-electron chi connectivity index (χ0n) is 14.5. The number of benzene rings is 1. The van der Waals surface area contributed by atoms with Crippen molar-refractivity contribution in [1.29, 1.82) is 0 Å². The number of amides is 1. The van der Waals surface area contributed by atoms with Crippen LogP contribution in [0.3, 0.4) is 0 Å². The van der Waals surface area contributed by atoms with Crippen molar-refractivity contribution in [3.05, 3.63) is 82.3 Å². The molecule has 3 aromatic rings. The molecule has 3 rings (SSSR count). The van der Waals surface area contributed by atoms with Crippen LogP contribution in [-0.4, -0.2) is 15.5 Å². The highest BCUT2D eigenvalue weighted by Crippen LogP contribution is 2.32. The summed E-state index contributed by atoms with van der Waals surface area (Å²) in [6.07, 6.45) is -2.36. The number of hydrogen-bond donors (Lipinski definition) is 2. The number of carbonyl (C=O) groups excluding carboxylic acids is 1. The highest BCUT2D eigenvalue weighted by atomic mass is 35.5. The van der Waals surface area contributed by atoms with Crippen molar-refractivity contribution >= 4 is 17.5 Å². The van der Waals surface area contributed by atoms with Crippen molar-refractivity contribution in [2.24, 2.45) is 5.73 Å². The molecule has 9 heteroatoms. The number of aromatic nitrogens is 2. The van der Waals surface area contributed by atoms with Crippen LogP contribution in [0.15, 0.2) is 54.9 Å². The monoisotopic (exact) mass is 408 g/mol. The Hall–Kier alpha value is -2.84. The van der Waals surface area contributed by atoms with Gasteiger partial charge in [-0.25, -0.2) is 4.98 Å². The number of alkyl halides is 3. The predicted octanol–water partition coefficient (Wildman–Crippen LogP) is 3.93. The molecule has 1 aromatic carbocycles. The van der Waals surface area contributed by atoms with Gasteiger partial charge in [0.15, 0.2) is 5.82 Å². The second-order valence-corrected chi connectivity index (χ2v) is 6.40. The molecule has 0 spiro atoms. The number of rotatable bonds is 5. The molecular weight excluding hydrogens is 393 g/mol. The third-order valence-electron chi connectivity index (χ3n) is 4.07. The predicted molar refractivity (Wildman–Crippen MR) is 99.1 cm³/mol. The zero-order chi connectivity index (χ0) is 20.3. The van der Waals surface area contributed by atoms with Crippen molar-refractivity contribution in [3.63, 3.8) is 0 Å². The van der Waals surface area contributed by atoms with Gasteiger partial charge in [0.2, 0.25) is 0 Å². The second kappa shape index (κ2) is 8.04. The summed E-state index contributed by atoms with van der Waals surface area (Å²) >= 11 is 5.98. The zero-order valence-corrected chi connectivity index (χ0v) is 15.3. The molecule has 0 aliphatic heterocycles. The van der Waals surface area contributed by atoms with Gasteiger partial charge in [-0.15, -0.1) is 0 Å². The Kier molecular flexibility index (Phi) is 5.71. The lowest BCUT2D eigenvalue weighted by molar-refractivity contribution is -0.137. The number of nitrogens with zero attached hydrogens (tertiary/aromatic N) is 2. The molecule has 0 aliphatic carbocycles. The molecule has 0 atom stereocenters. The highest BCUT2D eigenvalue weighted by molar-refractivity contribution is 6.32. The van der Waals surface area contributed by atoms with E-state index in [9.17, 15) is 18.0 Å². The minimum absolute atomic E-state index is 0.0390. The molecule has 0 unspecified atom stereocenters.